The Balaban J connectivity index is 2.78. The lowest BCUT2D eigenvalue weighted by atomic mass is 10.2. The van der Waals surface area contributed by atoms with Gasteiger partial charge in [0, 0.05) is 12.6 Å². The Kier molecular flexibility index (Phi) is 6.91. The third-order valence-corrected chi connectivity index (χ3v) is 2.88. The van der Waals surface area contributed by atoms with Crippen LogP contribution in [0.3, 0.4) is 0 Å². The van der Waals surface area contributed by atoms with Crippen LogP contribution in [-0.2, 0) is 9.59 Å². The summed E-state index contributed by atoms with van der Waals surface area (Å²) in [6.07, 6.45) is 1.31. The Bertz CT molecular complexity index is 545. The lowest BCUT2D eigenvalue weighted by Gasteiger charge is -2.15. The van der Waals surface area contributed by atoms with Gasteiger partial charge in [-0.3, -0.25) is 9.59 Å². The van der Waals surface area contributed by atoms with Crippen molar-refractivity contribution in [3.8, 4) is 11.5 Å². The molecule has 1 rings (SSSR count). The minimum atomic E-state index is -1.10. The average Bonchev–Trinajstić information content (AvgIpc) is 2.50. The molecule has 0 aromatic heterocycles. The molecule has 1 atom stereocenters. The zero-order valence-electron chi connectivity index (χ0n) is 12.6. The van der Waals surface area contributed by atoms with E-state index >= 15 is 0 Å². The van der Waals surface area contributed by atoms with E-state index in [4.69, 9.17) is 14.6 Å². The second-order valence-corrected chi connectivity index (χ2v) is 4.41. The molecule has 0 fully saturated rings. The van der Waals surface area contributed by atoms with E-state index in [1.54, 1.807) is 18.2 Å². The quantitative estimate of drug-likeness (QED) is 0.594. The fourth-order valence-corrected chi connectivity index (χ4v) is 1.77. The van der Waals surface area contributed by atoms with E-state index in [0.717, 1.165) is 0 Å². The summed E-state index contributed by atoms with van der Waals surface area (Å²) >= 11 is 0. The molecule has 22 heavy (non-hydrogen) atoms. The molecule has 120 valence electrons. The molecule has 0 radical (unpaired) electrons. The van der Waals surface area contributed by atoms with Gasteiger partial charge in [0.15, 0.2) is 0 Å². The van der Waals surface area contributed by atoms with Gasteiger partial charge in [-0.1, -0.05) is 6.08 Å². The van der Waals surface area contributed by atoms with Crippen LogP contribution in [0.1, 0.15) is 6.42 Å². The summed E-state index contributed by atoms with van der Waals surface area (Å²) in [6.45, 7) is 3.79. The predicted molar refractivity (Wildman–Crippen MR) is 82.4 cm³/mol. The van der Waals surface area contributed by atoms with Crippen LogP contribution in [0, 0.1) is 0 Å². The maximum Gasteiger partial charge on any atom is 0.321 e. The van der Waals surface area contributed by atoms with Gasteiger partial charge in [0.25, 0.3) is 0 Å². The van der Waals surface area contributed by atoms with E-state index < -0.39 is 17.9 Å². The van der Waals surface area contributed by atoms with Crippen molar-refractivity contribution < 1.29 is 24.2 Å². The first-order valence-corrected chi connectivity index (χ1v) is 6.60. The Morgan fingerprint density at radius 2 is 2.09 bits per heavy atom. The molecule has 0 aliphatic rings. The van der Waals surface area contributed by atoms with Gasteiger partial charge in [0.2, 0.25) is 5.91 Å². The van der Waals surface area contributed by atoms with Crippen molar-refractivity contribution in [2.24, 2.45) is 0 Å². The third kappa shape index (κ3) is 5.10. The summed E-state index contributed by atoms with van der Waals surface area (Å²) in [6, 6.07) is 3.96. The smallest absolute Gasteiger partial charge is 0.321 e. The number of benzene rings is 1. The largest absolute Gasteiger partial charge is 0.497 e. The molecule has 7 nitrogen and oxygen atoms in total. The van der Waals surface area contributed by atoms with Gasteiger partial charge >= 0.3 is 5.97 Å². The minimum absolute atomic E-state index is 0.219. The Morgan fingerprint density at radius 3 is 2.64 bits per heavy atom. The molecular formula is C15H20N2O5. The van der Waals surface area contributed by atoms with Crippen molar-refractivity contribution in [2.45, 2.75) is 12.5 Å². The van der Waals surface area contributed by atoms with Crippen LogP contribution in [0.5, 0.6) is 11.5 Å². The molecule has 0 aliphatic carbocycles. The Labute approximate surface area is 128 Å². The van der Waals surface area contributed by atoms with Crippen LogP contribution in [-0.4, -0.2) is 43.8 Å². The molecule has 0 unspecified atom stereocenters. The SMILES string of the molecule is C=CCN[C@@H](CC(=O)Nc1cc(OC)ccc1OC)C(=O)O. The van der Waals surface area contributed by atoms with Gasteiger partial charge in [0.1, 0.15) is 17.5 Å². The summed E-state index contributed by atoms with van der Waals surface area (Å²) in [4.78, 5) is 23.1. The number of hydrogen-bond acceptors (Lipinski definition) is 5. The van der Waals surface area contributed by atoms with Crippen molar-refractivity contribution in [1.29, 1.82) is 0 Å². The van der Waals surface area contributed by atoms with Crippen LogP contribution in [0.4, 0.5) is 5.69 Å². The van der Waals surface area contributed by atoms with Gasteiger partial charge in [0.05, 0.1) is 26.3 Å². The topological polar surface area (TPSA) is 96.9 Å². The number of anilines is 1. The standard InChI is InChI=1S/C15H20N2O5/c1-4-7-16-12(15(19)20)9-14(18)17-11-8-10(21-2)5-6-13(11)22-3/h4-6,8,12,16H,1,7,9H2,2-3H3,(H,17,18)(H,19,20)/t12-/m0/s1. The second-order valence-electron chi connectivity index (χ2n) is 4.41. The van der Waals surface area contributed by atoms with Crippen molar-refractivity contribution >= 4 is 17.6 Å². The number of carboxylic acids is 1. The second kappa shape index (κ2) is 8.68. The number of carbonyl (C=O) groups is 2. The first kappa shape index (κ1) is 17.5. The molecule has 0 heterocycles. The van der Waals surface area contributed by atoms with Crippen LogP contribution in [0.15, 0.2) is 30.9 Å². The van der Waals surface area contributed by atoms with Gasteiger partial charge in [-0.25, -0.2) is 0 Å². The highest BCUT2D eigenvalue weighted by Crippen LogP contribution is 2.28. The zero-order valence-corrected chi connectivity index (χ0v) is 12.6. The number of nitrogens with one attached hydrogen (secondary N) is 2. The van der Waals surface area contributed by atoms with Gasteiger partial charge in [-0.05, 0) is 12.1 Å². The van der Waals surface area contributed by atoms with Crippen LogP contribution < -0.4 is 20.1 Å². The number of carbonyl (C=O) groups excluding carboxylic acids is 1. The van der Waals surface area contributed by atoms with E-state index in [9.17, 15) is 9.59 Å². The molecular weight excluding hydrogens is 288 g/mol. The summed E-state index contributed by atoms with van der Waals surface area (Å²) < 4.78 is 10.2. The molecule has 3 N–H and O–H groups in total. The van der Waals surface area contributed by atoms with E-state index in [2.05, 4.69) is 17.2 Å². The normalized spacial score (nSPS) is 11.4. The van der Waals surface area contributed by atoms with Crippen LogP contribution in [0.2, 0.25) is 0 Å². The van der Waals surface area contributed by atoms with E-state index in [-0.39, 0.29) is 6.42 Å². The Morgan fingerprint density at radius 1 is 1.36 bits per heavy atom. The van der Waals surface area contributed by atoms with Crippen LogP contribution in [0.25, 0.3) is 0 Å². The lowest BCUT2D eigenvalue weighted by Crippen LogP contribution is -2.39. The molecule has 1 amide bonds. The van der Waals surface area contributed by atoms with Crippen LogP contribution >= 0.6 is 0 Å². The molecule has 0 saturated heterocycles. The molecule has 0 saturated carbocycles. The number of amides is 1. The molecule has 0 spiro atoms. The highest BCUT2D eigenvalue weighted by molar-refractivity contribution is 5.95. The fraction of sp³-hybridized carbons (Fsp3) is 0.333. The highest BCUT2D eigenvalue weighted by atomic mass is 16.5. The van der Waals surface area contributed by atoms with E-state index in [0.29, 0.717) is 23.7 Å². The number of hydrogen-bond donors (Lipinski definition) is 3. The molecule has 0 aliphatic heterocycles. The summed E-state index contributed by atoms with van der Waals surface area (Å²) in [5, 5.41) is 14.4. The fourth-order valence-electron chi connectivity index (χ4n) is 1.77. The van der Waals surface area contributed by atoms with Crippen molar-refractivity contribution in [3.05, 3.63) is 30.9 Å². The maximum atomic E-state index is 12.0. The molecule has 1 aromatic rings. The predicted octanol–water partition coefficient (Wildman–Crippen LogP) is 1.26. The minimum Gasteiger partial charge on any atom is -0.497 e. The first-order chi connectivity index (χ1) is 10.5. The number of carboxylic acid groups (broad SMARTS) is 1. The molecule has 0 bridgehead atoms. The third-order valence-electron chi connectivity index (χ3n) is 2.88. The van der Waals surface area contributed by atoms with Crippen molar-refractivity contribution in [1.82, 2.24) is 5.32 Å². The van der Waals surface area contributed by atoms with Crippen molar-refractivity contribution in [3.63, 3.8) is 0 Å². The summed E-state index contributed by atoms with van der Waals surface area (Å²) in [5.41, 5.74) is 0.416. The first-order valence-electron chi connectivity index (χ1n) is 6.60. The molecule has 1 aromatic carbocycles. The van der Waals surface area contributed by atoms with Gasteiger partial charge in [-0.15, -0.1) is 6.58 Å². The number of ether oxygens (including phenoxy) is 2. The van der Waals surface area contributed by atoms with E-state index in [1.165, 1.54) is 20.3 Å². The highest BCUT2D eigenvalue weighted by Gasteiger charge is 2.21. The number of aliphatic carboxylic acids is 1. The number of methoxy groups -OCH3 is 2. The van der Waals surface area contributed by atoms with E-state index in [1.807, 2.05) is 0 Å². The number of rotatable bonds is 9. The Hall–Kier alpha value is -2.54. The average molecular weight is 308 g/mol. The lowest BCUT2D eigenvalue weighted by molar-refractivity contribution is -0.140. The van der Waals surface area contributed by atoms with Crippen molar-refractivity contribution in [2.75, 3.05) is 26.1 Å². The summed E-state index contributed by atoms with van der Waals surface area (Å²) in [7, 11) is 2.98. The summed E-state index contributed by atoms with van der Waals surface area (Å²) in [5.74, 6) is -0.541. The van der Waals surface area contributed by atoms with Gasteiger partial charge < -0.3 is 25.2 Å². The molecule has 7 heteroatoms. The maximum absolute atomic E-state index is 12.0. The monoisotopic (exact) mass is 308 g/mol. The van der Waals surface area contributed by atoms with Gasteiger partial charge in [-0.2, -0.15) is 0 Å². The zero-order chi connectivity index (χ0) is 16.5.